The number of alkyl halides is 3. The summed E-state index contributed by atoms with van der Waals surface area (Å²) < 4.78 is 42.8. The summed E-state index contributed by atoms with van der Waals surface area (Å²) in [6.45, 7) is 3.59. The molecule has 0 aliphatic carbocycles. The minimum Gasteiger partial charge on any atom is -0.335 e. The molecule has 0 saturated heterocycles. The number of halogens is 4. The normalized spacial score (nSPS) is 11.6. The number of carbonyl (C=O) groups is 1. The van der Waals surface area contributed by atoms with Gasteiger partial charge in [0, 0.05) is 36.3 Å². The third kappa shape index (κ3) is 3.97. The smallest absolute Gasteiger partial charge is 0.335 e. The number of aryl methyl sites for hydroxylation is 1. The van der Waals surface area contributed by atoms with Crippen LogP contribution < -0.4 is 5.32 Å². The van der Waals surface area contributed by atoms with E-state index in [2.05, 4.69) is 32.9 Å². The maximum Gasteiger partial charge on any atom is 0.416 e. The van der Waals surface area contributed by atoms with Gasteiger partial charge < -0.3 is 9.88 Å². The first-order valence-electron chi connectivity index (χ1n) is 10.6. The predicted octanol–water partition coefficient (Wildman–Crippen LogP) is 5.72. The number of anilines is 1. The molecular formula is C25H15ClF3N7O. The van der Waals surface area contributed by atoms with Crippen molar-refractivity contribution in [1.29, 1.82) is 5.26 Å². The van der Waals surface area contributed by atoms with Crippen LogP contribution in [0.2, 0.25) is 5.15 Å². The molecule has 4 aromatic heterocycles. The van der Waals surface area contributed by atoms with Gasteiger partial charge in [0.15, 0.2) is 5.65 Å². The van der Waals surface area contributed by atoms with E-state index in [-0.39, 0.29) is 27.7 Å². The molecule has 4 heterocycles. The first-order chi connectivity index (χ1) is 17.6. The van der Waals surface area contributed by atoms with Gasteiger partial charge in [-0.25, -0.2) is 15.0 Å². The number of nitriles is 1. The number of benzene rings is 1. The van der Waals surface area contributed by atoms with Gasteiger partial charge in [0.1, 0.15) is 34.5 Å². The van der Waals surface area contributed by atoms with E-state index in [0.717, 1.165) is 12.1 Å². The lowest BCUT2D eigenvalue weighted by Gasteiger charge is -2.13. The summed E-state index contributed by atoms with van der Waals surface area (Å²) in [6, 6.07) is 6.72. The molecule has 1 N–H and O–H groups in total. The second-order valence-electron chi connectivity index (χ2n) is 8.03. The average molecular weight is 522 g/mol. The van der Waals surface area contributed by atoms with E-state index in [9.17, 15) is 23.2 Å². The van der Waals surface area contributed by atoms with Gasteiger partial charge in [-0.15, -0.1) is 0 Å². The van der Waals surface area contributed by atoms with Crippen molar-refractivity contribution in [2.45, 2.75) is 6.18 Å². The summed E-state index contributed by atoms with van der Waals surface area (Å²) in [6.07, 6.45) is 2.64. The number of rotatable bonds is 4. The molecule has 0 atom stereocenters. The molecule has 0 bridgehead atoms. The van der Waals surface area contributed by atoms with Crippen molar-refractivity contribution in [3.8, 4) is 17.2 Å². The molecular weight excluding hydrogens is 507 g/mol. The maximum absolute atomic E-state index is 13.2. The molecule has 0 radical (unpaired) electrons. The molecule has 5 rings (SSSR count). The number of pyridine rings is 1. The fourth-order valence-corrected chi connectivity index (χ4v) is 4.37. The van der Waals surface area contributed by atoms with E-state index in [1.54, 1.807) is 30.1 Å². The SMILES string of the molecule is C=Cc1ccc(C(F)(F)F)cc1NC(=O)c1cnc2c(C#N)c(-c3cn(C)c4ncnc(Cl)c34)ccn12. The third-order valence-corrected chi connectivity index (χ3v) is 6.16. The Morgan fingerprint density at radius 2 is 1.97 bits per heavy atom. The van der Waals surface area contributed by atoms with Gasteiger partial charge in [-0.2, -0.15) is 18.4 Å². The molecule has 184 valence electrons. The van der Waals surface area contributed by atoms with E-state index in [1.165, 1.54) is 29.1 Å². The minimum absolute atomic E-state index is 0.0183. The predicted molar refractivity (Wildman–Crippen MR) is 132 cm³/mol. The van der Waals surface area contributed by atoms with Crippen LogP contribution in [-0.4, -0.2) is 29.8 Å². The van der Waals surface area contributed by atoms with E-state index < -0.39 is 17.6 Å². The molecule has 1 amide bonds. The Morgan fingerprint density at radius 1 is 1.19 bits per heavy atom. The molecule has 0 aliphatic rings. The topological polar surface area (TPSA) is 101 Å². The summed E-state index contributed by atoms with van der Waals surface area (Å²) in [4.78, 5) is 25.6. The van der Waals surface area contributed by atoms with Crippen LogP contribution in [0.15, 0.2) is 55.8 Å². The van der Waals surface area contributed by atoms with Crippen LogP contribution in [0, 0.1) is 11.3 Å². The zero-order chi connectivity index (χ0) is 26.5. The van der Waals surface area contributed by atoms with Gasteiger partial charge in [-0.1, -0.05) is 30.3 Å². The van der Waals surface area contributed by atoms with Crippen molar-refractivity contribution in [2.75, 3.05) is 5.32 Å². The van der Waals surface area contributed by atoms with Crippen LogP contribution in [0.25, 0.3) is 33.9 Å². The number of nitrogens with zero attached hydrogens (tertiary/aromatic N) is 6. The first kappa shape index (κ1) is 24.0. The van der Waals surface area contributed by atoms with Crippen molar-refractivity contribution >= 4 is 46.0 Å². The van der Waals surface area contributed by atoms with Crippen LogP contribution in [0.1, 0.15) is 27.2 Å². The Kier molecular flexibility index (Phi) is 5.69. The summed E-state index contributed by atoms with van der Waals surface area (Å²) in [5, 5.41) is 13.3. The van der Waals surface area contributed by atoms with Gasteiger partial charge in [0.25, 0.3) is 5.91 Å². The Hall–Kier alpha value is -4.69. The standard InChI is InChI=1S/C25H15ClF3N7O/c1-3-13-4-5-14(25(27,28)29)8-18(13)34-24(37)19-10-31-22-16(9-30)15(6-7-36(19)22)17-11-35(2)23-20(17)21(26)32-12-33-23/h3-8,10-12H,1H2,2H3,(H,34,37). The minimum atomic E-state index is -4.59. The molecule has 0 unspecified atom stereocenters. The lowest BCUT2D eigenvalue weighted by atomic mass is 10.0. The molecule has 0 fully saturated rings. The highest BCUT2D eigenvalue weighted by Crippen LogP contribution is 2.36. The second-order valence-corrected chi connectivity index (χ2v) is 8.39. The lowest BCUT2D eigenvalue weighted by Crippen LogP contribution is -2.16. The Balaban J connectivity index is 1.60. The van der Waals surface area contributed by atoms with Crippen molar-refractivity contribution < 1.29 is 18.0 Å². The van der Waals surface area contributed by atoms with Crippen LogP contribution in [0.4, 0.5) is 18.9 Å². The summed E-state index contributed by atoms with van der Waals surface area (Å²) in [5.74, 6) is -0.715. The van der Waals surface area contributed by atoms with E-state index in [0.29, 0.717) is 27.7 Å². The number of amides is 1. The molecule has 37 heavy (non-hydrogen) atoms. The van der Waals surface area contributed by atoms with Gasteiger partial charge in [0.2, 0.25) is 0 Å². The number of nitrogens with one attached hydrogen (secondary N) is 1. The highest BCUT2D eigenvalue weighted by molar-refractivity contribution is 6.35. The van der Waals surface area contributed by atoms with Crippen molar-refractivity contribution in [1.82, 2.24) is 23.9 Å². The van der Waals surface area contributed by atoms with E-state index in [4.69, 9.17) is 11.6 Å². The summed E-state index contributed by atoms with van der Waals surface area (Å²) in [5.41, 5.74) is 1.38. The highest BCUT2D eigenvalue weighted by atomic mass is 35.5. The van der Waals surface area contributed by atoms with Crippen molar-refractivity contribution in [3.63, 3.8) is 0 Å². The number of imidazole rings is 1. The quantitative estimate of drug-likeness (QED) is 0.305. The Bertz CT molecular complexity index is 1780. The van der Waals surface area contributed by atoms with Crippen molar-refractivity contribution in [3.05, 3.63) is 83.3 Å². The zero-order valence-corrected chi connectivity index (χ0v) is 19.8. The number of hydrogen-bond donors (Lipinski definition) is 1. The monoisotopic (exact) mass is 521 g/mol. The average Bonchev–Trinajstić information content (AvgIpc) is 3.45. The van der Waals surface area contributed by atoms with Gasteiger partial charge in [-0.05, 0) is 23.8 Å². The molecule has 0 spiro atoms. The van der Waals surface area contributed by atoms with Crippen LogP contribution in [-0.2, 0) is 13.2 Å². The van der Waals surface area contributed by atoms with Gasteiger partial charge in [-0.3, -0.25) is 9.20 Å². The largest absolute Gasteiger partial charge is 0.416 e. The fraction of sp³-hybridized carbons (Fsp3) is 0.0800. The molecule has 0 saturated carbocycles. The molecule has 12 heteroatoms. The summed E-state index contributed by atoms with van der Waals surface area (Å²) >= 11 is 6.33. The zero-order valence-electron chi connectivity index (χ0n) is 19.0. The maximum atomic E-state index is 13.2. The molecule has 0 aliphatic heterocycles. The van der Waals surface area contributed by atoms with Gasteiger partial charge >= 0.3 is 6.18 Å². The van der Waals surface area contributed by atoms with Crippen LogP contribution in [0.3, 0.4) is 0 Å². The molecule has 8 nitrogen and oxygen atoms in total. The van der Waals surface area contributed by atoms with E-state index in [1.807, 2.05) is 0 Å². The number of aromatic nitrogens is 5. The van der Waals surface area contributed by atoms with Crippen LogP contribution in [0.5, 0.6) is 0 Å². The van der Waals surface area contributed by atoms with Crippen molar-refractivity contribution in [2.24, 2.45) is 7.05 Å². The number of fused-ring (bicyclic) bond motifs is 2. The third-order valence-electron chi connectivity index (χ3n) is 5.87. The highest BCUT2D eigenvalue weighted by Gasteiger charge is 2.31. The number of carbonyl (C=O) groups excluding carboxylic acids is 1. The first-order valence-corrected chi connectivity index (χ1v) is 11.0. The van der Waals surface area contributed by atoms with E-state index >= 15 is 0 Å². The second kappa shape index (κ2) is 8.76. The summed E-state index contributed by atoms with van der Waals surface area (Å²) in [7, 11) is 1.78. The Labute approximate surface area is 212 Å². The Morgan fingerprint density at radius 3 is 2.68 bits per heavy atom. The molecule has 1 aromatic carbocycles. The number of hydrogen-bond acceptors (Lipinski definition) is 5. The fourth-order valence-electron chi connectivity index (χ4n) is 4.14. The van der Waals surface area contributed by atoms with Gasteiger partial charge in [0.05, 0.1) is 17.1 Å². The molecule has 5 aromatic rings. The lowest BCUT2D eigenvalue weighted by molar-refractivity contribution is -0.137. The van der Waals surface area contributed by atoms with Crippen LogP contribution >= 0.6 is 11.6 Å².